The van der Waals surface area contributed by atoms with Gasteiger partial charge in [0, 0.05) is 22.1 Å². The molecule has 0 aliphatic rings. The first-order valence-electron chi connectivity index (χ1n) is 4.15. The molecule has 0 radical (unpaired) electrons. The number of likely N-dealkylation sites (N-methyl/N-ethyl adjacent to an activating group) is 1. The number of halogens is 2. The second kappa shape index (κ2) is 5.11. The van der Waals surface area contributed by atoms with E-state index in [9.17, 15) is 4.79 Å². The van der Waals surface area contributed by atoms with Crippen LogP contribution in [-0.4, -0.2) is 24.9 Å². The Morgan fingerprint density at radius 2 is 2.14 bits per heavy atom. The van der Waals surface area contributed by atoms with Gasteiger partial charge in [-0.15, -0.1) is 0 Å². The Morgan fingerprint density at radius 3 is 2.71 bits per heavy atom. The van der Waals surface area contributed by atoms with E-state index in [2.05, 4.69) is 38.5 Å². The van der Waals surface area contributed by atoms with Gasteiger partial charge < -0.3 is 4.90 Å². The fraction of sp³-hybridized carbons (Fsp3) is 0.300. The molecule has 0 spiro atoms. The van der Waals surface area contributed by atoms with Crippen molar-refractivity contribution in [3.8, 4) is 0 Å². The lowest BCUT2D eigenvalue weighted by Crippen LogP contribution is -2.23. The number of hydrogen-bond acceptors (Lipinski definition) is 1. The van der Waals surface area contributed by atoms with Gasteiger partial charge in [0.05, 0.1) is 6.42 Å². The smallest absolute Gasteiger partial charge is 0.226 e. The maximum atomic E-state index is 11.5. The van der Waals surface area contributed by atoms with Crippen LogP contribution in [0.2, 0.25) is 0 Å². The molecule has 0 heterocycles. The van der Waals surface area contributed by atoms with Crippen LogP contribution in [0, 0.1) is 3.57 Å². The van der Waals surface area contributed by atoms with E-state index >= 15 is 0 Å². The van der Waals surface area contributed by atoms with Crippen LogP contribution >= 0.6 is 38.5 Å². The third kappa shape index (κ3) is 3.24. The van der Waals surface area contributed by atoms with Gasteiger partial charge in [-0.1, -0.05) is 15.9 Å². The van der Waals surface area contributed by atoms with Crippen molar-refractivity contribution < 1.29 is 4.79 Å². The molecule has 76 valence electrons. The van der Waals surface area contributed by atoms with Gasteiger partial charge in [0.2, 0.25) is 5.91 Å². The van der Waals surface area contributed by atoms with Crippen molar-refractivity contribution >= 4 is 44.4 Å². The summed E-state index contributed by atoms with van der Waals surface area (Å²) in [4.78, 5) is 13.1. The number of nitrogens with zero attached hydrogens (tertiary/aromatic N) is 1. The Hall–Kier alpha value is -0.100. The quantitative estimate of drug-likeness (QED) is 0.736. The Labute approximate surface area is 106 Å². The van der Waals surface area contributed by atoms with Crippen LogP contribution in [0.1, 0.15) is 5.56 Å². The van der Waals surface area contributed by atoms with E-state index < -0.39 is 0 Å². The molecule has 0 aliphatic carbocycles. The molecule has 1 amide bonds. The Balaban J connectivity index is 2.86. The molecule has 0 bridgehead atoms. The summed E-state index contributed by atoms with van der Waals surface area (Å²) in [5.41, 5.74) is 1.07. The fourth-order valence-corrected chi connectivity index (χ4v) is 1.93. The minimum Gasteiger partial charge on any atom is -0.349 e. The molecule has 4 heteroatoms. The molecule has 0 aliphatic heterocycles. The normalized spacial score (nSPS) is 10.0. The molecular weight excluding hydrogens is 357 g/mol. The van der Waals surface area contributed by atoms with Crippen LogP contribution in [-0.2, 0) is 11.2 Å². The molecule has 14 heavy (non-hydrogen) atoms. The van der Waals surface area contributed by atoms with Gasteiger partial charge in [0.15, 0.2) is 0 Å². The first-order chi connectivity index (χ1) is 6.50. The van der Waals surface area contributed by atoms with Crippen molar-refractivity contribution in [2.45, 2.75) is 6.42 Å². The molecule has 2 nitrogen and oxygen atoms in total. The number of benzene rings is 1. The van der Waals surface area contributed by atoms with E-state index in [-0.39, 0.29) is 5.91 Å². The van der Waals surface area contributed by atoms with Gasteiger partial charge in [0.25, 0.3) is 0 Å². The Morgan fingerprint density at radius 1 is 1.50 bits per heavy atom. The van der Waals surface area contributed by atoms with E-state index in [1.165, 1.54) is 0 Å². The highest BCUT2D eigenvalue weighted by molar-refractivity contribution is 14.1. The van der Waals surface area contributed by atoms with Crippen molar-refractivity contribution in [2.75, 3.05) is 14.1 Å². The molecule has 0 saturated heterocycles. The van der Waals surface area contributed by atoms with Gasteiger partial charge in [-0.05, 0) is 46.4 Å². The minimum atomic E-state index is 0.126. The molecule has 0 fully saturated rings. The van der Waals surface area contributed by atoms with Crippen LogP contribution in [0.25, 0.3) is 0 Å². The van der Waals surface area contributed by atoms with E-state index in [1.807, 2.05) is 18.2 Å². The third-order valence-electron chi connectivity index (χ3n) is 1.85. The van der Waals surface area contributed by atoms with Crippen molar-refractivity contribution in [1.82, 2.24) is 4.90 Å². The van der Waals surface area contributed by atoms with E-state index in [0.29, 0.717) is 6.42 Å². The number of carbonyl (C=O) groups is 1. The van der Waals surface area contributed by atoms with Gasteiger partial charge in [-0.2, -0.15) is 0 Å². The lowest BCUT2D eigenvalue weighted by molar-refractivity contribution is -0.127. The SMILES string of the molecule is CN(C)C(=O)Cc1cc(Br)ccc1I. The van der Waals surface area contributed by atoms with Crippen molar-refractivity contribution in [2.24, 2.45) is 0 Å². The molecule has 0 N–H and O–H groups in total. The highest BCUT2D eigenvalue weighted by Gasteiger charge is 2.08. The summed E-state index contributed by atoms with van der Waals surface area (Å²) in [6, 6.07) is 5.97. The molecule has 0 saturated carbocycles. The zero-order chi connectivity index (χ0) is 10.7. The summed E-state index contributed by atoms with van der Waals surface area (Å²) in [5.74, 6) is 0.126. The molecule has 1 aromatic rings. The second-order valence-corrected chi connectivity index (χ2v) is 5.28. The van der Waals surface area contributed by atoms with E-state index in [0.717, 1.165) is 13.6 Å². The van der Waals surface area contributed by atoms with E-state index in [1.54, 1.807) is 19.0 Å². The van der Waals surface area contributed by atoms with Crippen LogP contribution in [0.4, 0.5) is 0 Å². The average molecular weight is 368 g/mol. The number of rotatable bonds is 2. The molecule has 0 atom stereocenters. The summed E-state index contributed by atoms with van der Waals surface area (Å²) in [7, 11) is 3.54. The monoisotopic (exact) mass is 367 g/mol. The molecule has 0 unspecified atom stereocenters. The van der Waals surface area contributed by atoms with Crippen molar-refractivity contribution in [3.05, 3.63) is 31.8 Å². The summed E-state index contributed by atoms with van der Waals surface area (Å²) >= 11 is 5.64. The van der Waals surface area contributed by atoms with Crippen molar-refractivity contribution in [1.29, 1.82) is 0 Å². The molecular formula is C10H11BrINO. The number of hydrogen-bond donors (Lipinski definition) is 0. The molecule has 0 aromatic heterocycles. The predicted molar refractivity (Wildman–Crippen MR) is 69.3 cm³/mol. The fourth-order valence-electron chi connectivity index (χ4n) is 1.000. The van der Waals surface area contributed by atoms with Gasteiger partial charge in [-0.3, -0.25) is 4.79 Å². The first kappa shape index (κ1) is 12.0. The maximum absolute atomic E-state index is 11.5. The van der Waals surface area contributed by atoms with Crippen LogP contribution in [0.15, 0.2) is 22.7 Å². The average Bonchev–Trinajstić information content (AvgIpc) is 2.11. The van der Waals surface area contributed by atoms with Crippen LogP contribution < -0.4 is 0 Å². The first-order valence-corrected chi connectivity index (χ1v) is 6.02. The third-order valence-corrected chi connectivity index (χ3v) is 3.39. The molecule has 1 rings (SSSR count). The van der Waals surface area contributed by atoms with Gasteiger partial charge in [-0.25, -0.2) is 0 Å². The topological polar surface area (TPSA) is 20.3 Å². The largest absolute Gasteiger partial charge is 0.349 e. The maximum Gasteiger partial charge on any atom is 0.226 e. The van der Waals surface area contributed by atoms with Gasteiger partial charge >= 0.3 is 0 Å². The summed E-state index contributed by atoms with van der Waals surface area (Å²) in [5, 5.41) is 0. The van der Waals surface area contributed by atoms with Gasteiger partial charge in [0.1, 0.15) is 0 Å². The summed E-state index contributed by atoms with van der Waals surface area (Å²) in [6.45, 7) is 0. The lowest BCUT2D eigenvalue weighted by atomic mass is 10.1. The van der Waals surface area contributed by atoms with Crippen molar-refractivity contribution in [3.63, 3.8) is 0 Å². The number of amides is 1. The molecule has 1 aromatic carbocycles. The standard InChI is InChI=1S/C10H11BrINO/c1-13(2)10(14)6-7-5-8(11)3-4-9(7)12/h3-5H,6H2,1-2H3. The minimum absolute atomic E-state index is 0.126. The summed E-state index contributed by atoms with van der Waals surface area (Å²) in [6.07, 6.45) is 0.463. The second-order valence-electron chi connectivity index (χ2n) is 3.20. The highest BCUT2D eigenvalue weighted by Crippen LogP contribution is 2.19. The van der Waals surface area contributed by atoms with Crippen LogP contribution in [0.3, 0.4) is 0 Å². The number of carbonyl (C=O) groups excluding carboxylic acids is 1. The zero-order valence-electron chi connectivity index (χ0n) is 8.05. The summed E-state index contributed by atoms with van der Waals surface area (Å²) < 4.78 is 2.14. The van der Waals surface area contributed by atoms with E-state index in [4.69, 9.17) is 0 Å². The Bertz CT molecular complexity index is 352. The highest BCUT2D eigenvalue weighted by atomic mass is 127. The predicted octanol–water partition coefficient (Wildman–Crippen LogP) is 2.68. The Kier molecular flexibility index (Phi) is 4.37. The lowest BCUT2D eigenvalue weighted by Gasteiger charge is -2.11. The van der Waals surface area contributed by atoms with Crippen LogP contribution in [0.5, 0.6) is 0 Å². The zero-order valence-corrected chi connectivity index (χ0v) is 11.8.